The van der Waals surface area contributed by atoms with Crippen molar-refractivity contribution in [3.8, 4) is 5.75 Å². The summed E-state index contributed by atoms with van der Waals surface area (Å²) in [5, 5.41) is 37.4. The summed E-state index contributed by atoms with van der Waals surface area (Å²) in [7, 11) is 0. The third kappa shape index (κ3) is 4.26. The number of hydrazone groups is 1. The summed E-state index contributed by atoms with van der Waals surface area (Å²) in [4.78, 5) is 31.5. The standard InChI is InChI=1S/C14H9ClN4O6/c15-10-3-1-8(2-4-10)14(21)17-16-7-9-5-11(18(22)23)6-12(13(9)20)19(24)25/h1-7,20H,(H,17,21)/p-1/b16-7+. The fraction of sp³-hybridized carbons (Fsp3) is 0. The Labute approximate surface area is 144 Å². The lowest BCUT2D eigenvalue weighted by Gasteiger charge is -2.10. The van der Waals surface area contributed by atoms with Crippen LogP contribution in [0.2, 0.25) is 5.02 Å². The molecule has 0 aliphatic carbocycles. The Hall–Kier alpha value is -3.53. The number of hydrogen-bond acceptors (Lipinski definition) is 7. The molecule has 0 aliphatic rings. The first-order chi connectivity index (χ1) is 11.8. The monoisotopic (exact) mass is 363 g/mol. The third-order valence-corrected chi connectivity index (χ3v) is 3.22. The van der Waals surface area contributed by atoms with E-state index in [1.54, 1.807) is 0 Å². The zero-order valence-corrected chi connectivity index (χ0v) is 13.0. The van der Waals surface area contributed by atoms with Gasteiger partial charge in [0, 0.05) is 22.2 Å². The van der Waals surface area contributed by atoms with Crippen molar-refractivity contribution < 1.29 is 19.7 Å². The highest BCUT2D eigenvalue weighted by Gasteiger charge is 2.18. The maximum absolute atomic E-state index is 11.9. The van der Waals surface area contributed by atoms with E-state index in [0.717, 1.165) is 12.3 Å². The highest BCUT2D eigenvalue weighted by Crippen LogP contribution is 2.31. The van der Waals surface area contributed by atoms with Gasteiger partial charge in [0.25, 0.3) is 17.3 Å². The average Bonchev–Trinajstić information content (AvgIpc) is 2.56. The Morgan fingerprint density at radius 2 is 1.76 bits per heavy atom. The molecule has 0 aromatic heterocycles. The summed E-state index contributed by atoms with van der Waals surface area (Å²) in [6, 6.07) is 7.23. The van der Waals surface area contributed by atoms with Crippen LogP contribution in [-0.4, -0.2) is 22.0 Å². The number of carbonyl (C=O) groups is 1. The number of carbonyl (C=O) groups excluding carboxylic acids is 1. The van der Waals surface area contributed by atoms with Crippen molar-refractivity contribution in [1.82, 2.24) is 5.43 Å². The second-order valence-electron chi connectivity index (χ2n) is 4.60. The molecule has 2 rings (SSSR count). The molecule has 0 aliphatic heterocycles. The number of hydrogen-bond donors (Lipinski definition) is 1. The Morgan fingerprint density at radius 1 is 1.12 bits per heavy atom. The van der Waals surface area contributed by atoms with Crippen molar-refractivity contribution >= 4 is 35.1 Å². The number of benzene rings is 2. The van der Waals surface area contributed by atoms with Crippen LogP contribution in [0.4, 0.5) is 11.4 Å². The largest absolute Gasteiger partial charge is 0.867 e. The van der Waals surface area contributed by atoms with Crippen LogP contribution < -0.4 is 10.5 Å². The van der Waals surface area contributed by atoms with E-state index in [-0.39, 0.29) is 5.56 Å². The molecule has 128 valence electrons. The van der Waals surface area contributed by atoms with Crippen molar-refractivity contribution in [3.63, 3.8) is 0 Å². The number of nitrogens with one attached hydrogen (secondary N) is 1. The molecule has 11 heteroatoms. The summed E-state index contributed by atoms with van der Waals surface area (Å²) >= 11 is 5.69. The second kappa shape index (κ2) is 7.36. The average molecular weight is 364 g/mol. The van der Waals surface area contributed by atoms with Gasteiger partial charge < -0.3 is 5.11 Å². The van der Waals surface area contributed by atoms with Gasteiger partial charge in [-0.05, 0) is 30.0 Å². The van der Waals surface area contributed by atoms with Crippen LogP contribution >= 0.6 is 11.6 Å². The van der Waals surface area contributed by atoms with Gasteiger partial charge in [0.2, 0.25) is 0 Å². The maximum Gasteiger partial charge on any atom is 0.276 e. The highest BCUT2D eigenvalue weighted by molar-refractivity contribution is 6.30. The number of rotatable bonds is 5. The SMILES string of the molecule is O=C(N/N=C/c1cc([N+](=O)[O-])cc([N+](=O)[O-])c1[O-])c1ccc(Cl)cc1. The molecule has 0 saturated carbocycles. The van der Waals surface area contributed by atoms with Crippen LogP contribution in [0.15, 0.2) is 41.5 Å². The summed E-state index contributed by atoms with van der Waals surface area (Å²) in [5.41, 5.74) is 0.325. The van der Waals surface area contributed by atoms with Gasteiger partial charge in [-0.2, -0.15) is 5.10 Å². The minimum atomic E-state index is -1.06. The maximum atomic E-state index is 11.9. The predicted octanol–water partition coefficient (Wildman–Crippen LogP) is 1.99. The van der Waals surface area contributed by atoms with Crippen LogP contribution in [-0.2, 0) is 0 Å². The fourth-order valence-electron chi connectivity index (χ4n) is 1.78. The molecule has 0 fully saturated rings. The van der Waals surface area contributed by atoms with Crippen LogP contribution in [0, 0.1) is 20.2 Å². The Morgan fingerprint density at radius 3 is 2.32 bits per heavy atom. The summed E-state index contributed by atoms with van der Waals surface area (Å²) in [5.74, 6) is -1.68. The van der Waals surface area contributed by atoms with E-state index in [1.807, 2.05) is 0 Å². The van der Waals surface area contributed by atoms with Gasteiger partial charge in [0.05, 0.1) is 22.1 Å². The molecule has 0 unspecified atom stereocenters. The predicted molar refractivity (Wildman–Crippen MR) is 85.7 cm³/mol. The molecule has 0 atom stereocenters. The third-order valence-electron chi connectivity index (χ3n) is 2.97. The fourth-order valence-corrected chi connectivity index (χ4v) is 1.91. The van der Waals surface area contributed by atoms with Crippen LogP contribution in [0.5, 0.6) is 5.75 Å². The molecule has 1 N–H and O–H groups in total. The lowest BCUT2D eigenvalue weighted by Crippen LogP contribution is -2.17. The van der Waals surface area contributed by atoms with Gasteiger partial charge in [-0.1, -0.05) is 11.6 Å². The van der Waals surface area contributed by atoms with E-state index in [1.165, 1.54) is 24.3 Å². The van der Waals surface area contributed by atoms with E-state index in [4.69, 9.17) is 11.6 Å². The first-order valence-corrected chi connectivity index (χ1v) is 6.90. The second-order valence-corrected chi connectivity index (χ2v) is 5.04. The first kappa shape index (κ1) is 17.8. The van der Waals surface area contributed by atoms with E-state index >= 15 is 0 Å². The molecule has 0 bridgehead atoms. The molecule has 0 radical (unpaired) electrons. The molecule has 10 nitrogen and oxygen atoms in total. The summed E-state index contributed by atoms with van der Waals surface area (Å²) in [6.45, 7) is 0. The van der Waals surface area contributed by atoms with Gasteiger partial charge in [0.1, 0.15) is 0 Å². The number of nitro benzene ring substituents is 2. The van der Waals surface area contributed by atoms with Gasteiger partial charge in [-0.25, -0.2) is 5.43 Å². The zero-order chi connectivity index (χ0) is 18.6. The van der Waals surface area contributed by atoms with Crippen LogP contribution in [0.3, 0.4) is 0 Å². The van der Waals surface area contributed by atoms with Gasteiger partial charge in [0.15, 0.2) is 0 Å². The minimum Gasteiger partial charge on any atom is -0.867 e. The van der Waals surface area contributed by atoms with E-state index < -0.39 is 38.4 Å². The summed E-state index contributed by atoms with van der Waals surface area (Å²) in [6.07, 6.45) is 0.802. The smallest absolute Gasteiger partial charge is 0.276 e. The molecule has 2 aromatic rings. The minimum absolute atomic E-state index is 0.230. The van der Waals surface area contributed by atoms with Gasteiger partial charge in [-0.15, -0.1) is 0 Å². The Bertz CT molecular complexity index is 882. The van der Waals surface area contributed by atoms with Crippen molar-refractivity contribution in [3.05, 3.63) is 72.8 Å². The Kier molecular flexibility index (Phi) is 5.25. The molecular formula is C14H8ClN4O6-. The van der Waals surface area contributed by atoms with Crippen LogP contribution in [0.25, 0.3) is 0 Å². The summed E-state index contributed by atoms with van der Waals surface area (Å²) < 4.78 is 0. The van der Waals surface area contributed by atoms with Crippen molar-refractivity contribution in [2.75, 3.05) is 0 Å². The number of halogens is 1. The number of nitro groups is 2. The lowest BCUT2D eigenvalue weighted by molar-refractivity contribution is -0.403. The molecular weight excluding hydrogens is 356 g/mol. The van der Waals surface area contributed by atoms with Crippen molar-refractivity contribution in [2.24, 2.45) is 5.10 Å². The van der Waals surface area contributed by atoms with Crippen molar-refractivity contribution in [1.29, 1.82) is 0 Å². The Balaban J connectivity index is 2.25. The molecule has 2 aromatic carbocycles. The first-order valence-electron chi connectivity index (χ1n) is 6.52. The zero-order valence-electron chi connectivity index (χ0n) is 12.2. The van der Waals surface area contributed by atoms with E-state index in [0.29, 0.717) is 11.1 Å². The van der Waals surface area contributed by atoms with E-state index in [2.05, 4.69) is 10.5 Å². The number of nitrogens with zero attached hydrogens (tertiary/aromatic N) is 3. The van der Waals surface area contributed by atoms with E-state index in [9.17, 15) is 30.1 Å². The quantitative estimate of drug-likeness (QED) is 0.487. The number of non-ortho nitro benzene ring substituents is 1. The molecule has 0 heterocycles. The topological polar surface area (TPSA) is 151 Å². The molecule has 25 heavy (non-hydrogen) atoms. The van der Waals surface area contributed by atoms with Gasteiger partial charge >= 0.3 is 0 Å². The normalized spacial score (nSPS) is 10.6. The van der Waals surface area contributed by atoms with Crippen molar-refractivity contribution in [2.45, 2.75) is 0 Å². The number of amides is 1. The molecule has 1 amide bonds. The van der Waals surface area contributed by atoms with Crippen LogP contribution in [0.1, 0.15) is 15.9 Å². The highest BCUT2D eigenvalue weighted by atomic mass is 35.5. The lowest BCUT2D eigenvalue weighted by atomic mass is 10.1. The molecule has 0 spiro atoms. The molecule has 0 saturated heterocycles. The van der Waals surface area contributed by atoms with Gasteiger partial charge in [-0.3, -0.25) is 25.0 Å².